The molecule has 110 valence electrons. The van der Waals surface area contributed by atoms with Crippen LogP contribution >= 0.6 is 0 Å². The molecule has 1 aliphatic rings. The van der Waals surface area contributed by atoms with Crippen LogP contribution in [0.25, 0.3) is 0 Å². The molecule has 2 N–H and O–H groups in total. The highest BCUT2D eigenvalue weighted by atomic mass is 19.4. The number of nitrogens with one attached hydrogen (secondary N) is 2. The van der Waals surface area contributed by atoms with Crippen molar-refractivity contribution in [3.63, 3.8) is 0 Å². The summed E-state index contributed by atoms with van der Waals surface area (Å²) in [4.78, 5) is 11.4. The SMILES string of the molecule is O=C(CCNc1ccccc1OC(F)(F)F)NC1CC1. The van der Waals surface area contributed by atoms with Crippen molar-refractivity contribution in [2.75, 3.05) is 11.9 Å². The molecule has 0 radical (unpaired) electrons. The lowest BCUT2D eigenvalue weighted by Crippen LogP contribution is -2.27. The van der Waals surface area contributed by atoms with E-state index in [9.17, 15) is 18.0 Å². The normalized spacial score (nSPS) is 14.8. The number of alkyl halides is 3. The zero-order valence-corrected chi connectivity index (χ0v) is 10.7. The molecule has 1 saturated carbocycles. The maximum Gasteiger partial charge on any atom is 0.573 e. The van der Waals surface area contributed by atoms with Crippen molar-refractivity contribution in [2.24, 2.45) is 0 Å². The lowest BCUT2D eigenvalue weighted by Gasteiger charge is -2.14. The second-order valence-corrected chi connectivity index (χ2v) is 4.56. The molecule has 0 heterocycles. The summed E-state index contributed by atoms with van der Waals surface area (Å²) in [5, 5.41) is 5.58. The number of hydrogen-bond acceptors (Lipinski definition) is 3. The number of ether oxygens (including phenoxy) is 1. The van der Waals surface area contributed by atoms with Crippen LogP contribution in [0.4, 0.5) is 18.9 Å². The molecule has 2 rings (SSSR count). The van der Waals surface area contributed by atoms with Crippen LogP contribution in [0.3, 0.4) is 0 Å². The van der Waals surface area contributed by atoms with E-state index >= 15 is 0 Å². The minimum absolute atomic E-state index is 0.103. The number of amides is 1. The first-order valence-corrected chi connectivity index (χ1v) is 6.32. The van der Waals surface area contributed by atoms with Crippen LogP contribution < -0.4 is 15.4 Å². The fourth-order valence-electron chi connectivity index (χ4n) is 1.66. The van der Waals surface area contributed by atoms with Crippen LogP contribution in [0.5, 0.6) is 5.75 Å². The highest BCUT2D eigenvalue weighted by Gasteiger charge is 2.32. The summed E-state index contributed by atoms with van der Waals surface area (Å²) < 4.78 is 40.5. The van der Waals surface area contributed by atoms with E-state index in [1.165, 1.54) is 18.2 Å². The standard InChI is InChI=1S/C13H15F3N2O2/c14-13(15,16)20-11-4-2-1-3-10(11)17-8-7-12(19)18-9-5-6-9/h1-4,9,17H,5-8H2,(H,18,19). The van der Waals surface area contributed by atoms with Crippen LogP contribution in [0, 0.1) is 0 Å². The average Bonchev–Trinajstić information content (AvgIpc) is 3.13. The minimum Gasteiger partial charge on any atom is -0.404 e. The molecule has 20 heavy (non-hydrogen) atoms. The summed E-state index contributed by atoms with van der Waals surface area (Å²) in [5.41, 5.74) is 0.212. The van der Waals surface area contributed by atoms with Gasteiger partial charge in [-0.1, -0.05) is 12.1 Å². The molecule has 0 spiro atoms. The van der Waals surface area contributed by atoms with E-state index in [1.807, 2.05) is 0 Å². The molecule has 0 aliphatic heterocycles. The Balaban J connectivity index is 1.83. The van der Waals surface area contributed by atoms with Crippen molar-refractivity contribution in [3.05, 3.63) is 24.3 Å². The Bertz CT molecular complexity index is 473. The van der Waals surface area contributed by atoms with Gasteiger partial charge in [-0.3, -0.25) is 4.79 Å². The molecule has 0 aromatic heterocycles. The number of para-hydroxylation sites is 2. The predicted octanol–water partition coefficient (Wildman–Crippen LogP) is 2.67. The number of halogens is 3. The van der Waals surface area contributed by atoms with E-state index in [4.69, 9.17) is 0 Å². The van der Waals surface area contributed by atoms with Gasteiger partial charge in [-0.05, 0) is 25.0 Å². The number of anilines is 1. The largest absolute Gasteiger partial charge is 0.573 e. The summed E-state index contributed by atoms with van der Waals surface area (Å²) >= 11 is 0. The van der Waals surface area contributed by atoms with Crippen LogP contribution in [0.2, 0.25) is 0 Å². The quantitative estimate of drug-likeness (QED) is 0.846. The fraction of sp³-hybridized carbons (Fsp3) is 0.462. The molecule has 4 nitrogen and oxygen atoms in total. The average molecular weight is 288 g/mol. The van der Waals surface area contributed by atoms with Gasteiger partial charge in [0.25, 0.3) is 0 Å². The molecule has 0 unspecified atom stereocenters. The minimum atomic E-state index is -4.73. The maximum atomic E-state index is 12.2. The van der Waals surface area contributed by atoms with Crippen molar-refractivity contribution in [3.8, 4) is 5.75 Å². The van der Waals surface area contributed by atoms with Crippen LogP contribution in [-0.4, -0.2) is 24.9 Å². The molecule has 1 fully saturated rings. The highest BCUT2D eigenvalue weighted by Crippen LogP contribution is 2.29. The molecule has 1 aromatic carbocycles. The fourth-order valence-corrected chi connectivity index (χ4v) is 1.66. The van der Waals surface area contributed by atoms with Crippen molar-refractivity contribution in [1.82, 2.24) is 5.32 Å². The summed E-state index contributed by atoms with van der Waals surface area (Å²) in [6.45, 7) is 0.247. The van der Waals surface area contributed by atoms with E-state index in [2.05, 4.69) is 15.4 Å². The monoisotopic (exact) mass is 288 g/mol. The number of rotatable bonds is 6. The molecule has 0 saturated heterocycles. The van der Waals surface area contributed by atoms with Gasteiger partial charge in [0, 0.05) is 19.0 Å². The third-order valence-electron chi connectivity index (χ3n) is 2.72. The van der Waals surface area contributed by atoms with Crippen molar-refractivity contribution >= 4 is 11.6 Å². The molecular formula is C13H15F3N2O2. The number of carbonyl (C=O) groups excluding carboxylic acids is 1. The van der Waals surface area contributed by atoms with Crippen molar-refractivity contribution < 1.29 is 22.7 Å². The Morgan fingerprint density at radius 3 is 2.65 bits per heavy atom. The van der Waals surface area contributed by atoms with Crippen LogP contribution in [0.1, 0.15) is 19.3 Å². The van der Waals surface area contributed by atoms with E-state index < -0.39 is 6.36 Å². The zero-order valence-electron chi connectivity index (χ0n) is 10.7. The van der Waals surface area contributed by atoms with E-state index in [-0.39, 0.29) is 36.4 Å². The maximum absolute atomic E-state index is 12.2. The van der Waals surface area contributed by atoms with Gasteiger partial charge < -0.3 is 15.4 Å². The van der Waals surface area contributed by atoms with Gasteiger partial charge in [0.05, 0.1) is 5.69 Å². The lowest BCUT2D eigenvalue weighted by molar-refractivity contribution is -0.274. The topological polar surface area (TPSA) is 50.4 Å². The van der Waals surface area contributed by atoms with Gasteiger partial charge in [0.1, 0.15) is 0 Å². The van der Waals surface area contributed by atoms with E-state index in [0.717, 1.165) is 12.8 Å². The molecule has 0 bridgehead atoms. The highest BCUT2D eigenvalue weighted by molar-refractivity contribution is 5.77. The molecular weight excluding hydrogens is 273 g/mol. The lowest BCUT2D eigenvalue weighted by atomic mass is 10.3. The van der Waals surface area contributed by atoms with Gasteiger partial charge in [-0.15, -0.1) is 13.2 Å². The Morgan fingerprint density at radius 1 is 1.30 bits per heavy atom. The third-order valence-corrected chi connectivity index (χ3v) is 2.72. The molecule has 0 atom stereocenters. The van der Waals surface area contributed by atoms with Gasteiger partial charge in [0.15, 0.2) is 5.75 Å². The summed E-state index contributed by atoms with van der Waals surface area (Å²) in [5.74, 6) is -0.406. The van der Waals surface area contributed by atoms with Crippen molar-refractivity contribution in [2.45, 2.75) is 31.7 Å². The van der Waals surface area contributed by atoms with Gasteiger partial charge in [-0.2, -0.15) is 0 Å². The second kappa shape index (κ2) is 6.02. The predicted molar refractivity (Wildman–Crippen MR) is 67.4 cm³/mol. The Kier molecular flexibility index (Phi) is 4.36. The molecule has 1 amide bonds. The van der Waals surface area contributed by atoms with E-state index in [1.54, 1.807) is 6.07 Å². The van der Waals surface area contributed by atoms with Crippen molar-refractivity contribution in [1.29, 1.82) is 0 Å². The summed E-state index contributed by atoms with van der Waals surface area (Å²) in [6, 6.07) is 6.02. The summed E-state index contributed by atoms with van der Waals surface area (Å²) in [7, 11) is 0. The first-order valence-electron chi connectivity index (χ1n) is 6.32. The molecule has 7 heteroatoms. The Labute approximate surface area is 114 Å². The number of hydrogen-bond donors (Lipinski definition) is 2. The van der Waals surface area contributed by atoms with Crippen LogP contribution in [-0.2, 0) is 4.79 Å². The van der Waals surface area contributed by atoms with Gasteiger partial charge in [0.2, 0.25) is 5.91 Å². The smallest absolute Gasteiger partial charge is 0.404 e. The Morgan fingerprint density at radius 2 is 2.00 bits per heavy atom. The van der Waals surface area contributed by atoms with Gasteiger partial charge in [-0.25, -0.2) is 0 Å². The molecule has 1 aliphatic carbocycles. The Hall–Kier alpha value is -1.92. The third kappa shape index (κ3) is 4.99. The number of benzene rings is 1. The first kappa shape index (κ1) is 14.5. The van der Waals surface area contributed by atoms with Crippen LogP contribution in [0.15, 0.2) is 24.3 Å². The zero-order chi connectivity index (χ0) is 14.6. The van der Waals surface area contributed by atoms with E-state index in [0.29, 0.717) is 0 Å². The summed E-state index contributed by atoms with van der Waals surface area (Å²) in [6.07, 6.45) is -2.53. The number of carbonyl (C=O) groups is 1. The molecule has 1 aromatic rings. The first-order chi connectivity index (χ1) is 9.44. The van der Waals surface area contributed by atoms with Gasteiger partial charge >= 0.3 is 6.36 Å². The second-order valence-electron chi connectivity index (χ2n) is 4.56.